The summed E-state index contributed by atoms with van der Waals surface area (Å²) in [5.74, 6) is -0.290. The van der Waals surface area contributed by atoms with Gasteiger partial charge in [-0.3, -0.25) is 10.1 Å². The minimum atomic E-state index is -0.424. The summed E-state index contributed by atoms with van der Waals surface area (Å²) in [6.07, 6.45) is 1.80. The lowest BCUT2D eigenvalue weighted by Crippen LogP contribution is -2.08. The molecule has 1 aromatic rings. The number of nitro groups is 1. The van der Waals surface area contributed by atoms with E-state index in [1.165, 1.54) is 17.8 Å². The molecule has 0 bridgehead atoms. The van der Waals surface area contributed by atoms with E-state index in [0.717, 1.165) is 15.5 Å². The molecule has 1 N–H and O–H groups in total. The zero-order chi connectivity index (χ0) is 14.7. The van der Waals surface area contributed by atoms with Gasteiger partial charge in [0, 0.05) is 6.07 Å². The van der Waals surface area contributed by atoms with Crippen molar-refractivity contribution in [2.24, 2.45) is 5.92 Å². The summed E-state index contributed by atoms with van der Waals surface area (Å²) in [5, 5.41) is 23.9. The van der Waals surface area contributed by atoms with Crippen LogP contribution < -0.4 is 5.32 Å². The third kappa shape index (κ3) is 2.83. The van der Waals surface area contributed by atoms with Gasteiger partial charge in [0.1, 0.15) is 5.69 Å². The highest BCUT2D eigenvalue weighted by molar-refractivity contribution is 8.06. The lowest BCUT2D eigenvalue weighted by molar-refractivity contribution is -0.383. The van der Waals surface area contributed by atoms with Crippen molar-refractivity contribution in [1.29, 1.82) is 5.26 Å². The first-order chi connectivity index (χ1) is 9.52. The largest absolute Gasteiger partial charge is 0.345 e. The average molecular weight is 287 g/mol. The third-order valence-corrected chi connectivity index (χ3v) is 4.19. The van der Waals surface area contributed by atoms with Crippen LogP contribution in [0.15, 0.2) is 45.8 Å². The van der Waals surface area contributed by atoms with Crippen LogP contribution in [-0.4, -0.2) is 4.92 Å². The van der Waals surface area contributed by atoms with Crippen molar-refractivity contribution in [3.05, 3.63) is 56.0 Å². The summed E-state index contributed by atoms with van der Waals surface area (Å²) >= 11 is 1.48. The molecule has 0 aliphatic carbocycles. The van der Waals surface area contributed by atoms with Gasteiger partial charge >= 0.3 is 0 Å². The minimum Gasteiger partial charge on any atom is -0.345 e. The number of hydrogen-bond donors (Lipinski definition) is 1. The standard InChI is InChI=1S/C14H13N3O2S/c1-9-10(2)20-14(7-11(9)8-15)16-12-5-3-4-6-13(12)17(18)19/h3-7,11,16H,1-2H3. The topological polar surface area (TPSA) is 79.0 Å². The number of para-hydroxylation sites is 2. The Labute approximate surface area is 121 Å². The van der Waals surface area contributed by atoms with Crippen LogP contribution in [0, 0.1) is 27.4 Å². The predicted molar refractivity (Wildman–Crippen MR) is 79.9 cm³/mol. The van der Waals surface area contributed by atoms with Crippen LogP contribution in [0.4, 0.5) is 11.4 Å². The van der Waals surface area contributed by atoms with E-state index in [2.05, 4.69) is 11.4 Å². The van der Waals surface area contributed by atoms with Crippen LogP contribution >= 0.6 is 11.8 Å². The van der Waals surface area contributed by atoms with Crippen LogP contribution in [0.3, 0.4) is 0 Å². The Bertz CT molecular complexity index is 659. The summed E-state index contributed by atoms with van der Waals surface area (Å²) in [6.45, 7) is 3.87. The van der Waals surface area contributed by atoms with Gasteiger partial charge in [-0.25, -0.2) is 0 Å². The van der Waals surface area contributed by atoms with E-state index >= 15 is 0 Å². The molecule has 0 saturated carbocycles. The molecule has 0 radical (unpaired) electrons. The quantitative estimate of drug-likeness (QED) is 0.670. The normalized spacial score (nSPS) is 18.2. The van der Waals surface area contributed by atoms with Crippen molar-refractivity contribution >= 4 is 23.1 Å². The maximum absolute atomic E-state index is 11.0. The van der Waals surface area contributed by atoms with Crippen molar-refractivity contribution in [2.75, 3.05) is 5.32 Å². The molecule has 0 amide bonds. The molecule has 20 heavy (non-hydrogen) atoms. The lowest BCUT2D eigenvalue weighted by Gasteiger charge is -2.20. The Morgan fingerprint density at radius 1 is 1.40 bits per heavy atom. The van der Waals surface area contributed by atoms with Crippen molar-refractivity contribution in [3.63, 3.8) is 0 Å². The van der Waals surface area contributed by atoms with Crippen molar-refractivity contribution in [1.82, 2.24) is 0 Å². The molecule has 2 rings (SSSR count). The molecule has 5 nitrogen and oxygen atoms in total. The lowest BCUT2D eigenvalue weighted by atomic mass is 10.0. The molecular formula is C14H13N3O2S. The van der Waals surface area contributed by atoms with Crippen molar-refractivity contribution in [3.8, 4) is 6.07 Å². The number of nitrogens with one attached hydrogen (secondary N) is 1. The highest BCUT2D eigenvalue weighted by Gasteiger charge is 2.20. The maximum atomic E-state index is 11.0. The molecule has 6 heteroatoms. The summed E-state index contributed by atoms with van der Waals surface area (Å²) in [4.78, 5) is 11.6. The first kappa shape index (κ1) is 14.2. The van der Waals surface area contributed by atoms with Crippen molar-refractivity contribution < 1.29 is 4.92 Å². The van der Waals surface area contributed by atoms with E-state index in [9.17, 15) is 10.1 Å². The van der Waals surface area contributed by atoms with E-state index < -0.39 is 4.92 Å². The fourth-order valence-corrected chi connectivity index (χ4v) is 2.83. The van der Waals surface area contributed by atoms with Gasteiger partial charge in [0.05, 0.1) is 21.9 Å². The molecule has 0 spiro atoms. The Morgan fingerprint density at radius 2 is 2.10 bits per heavy atom. The number of hydrogen-bond acceptors (Lipinski definition) is 5. The molecule has 1 aromatic carbocycles. The predicted octanol–water partition coefficient (Wildman–Crippen LogP) is 4.03. The van der Waals surface area contributed by atoms with Gasteiger partial charge in [-0.15, -0.1) is 0 Å². The van der Waals surface area contributed by atoms with Crippen LogP contribution in [0.25, 0.3) is 0 Å². The van der Waals surface area contributed by atoms with E-state index in [-0.39, 0.29) is 11.6 Å². The molecule has 1 atom stereocenters. The number of nitro benzene ring substituents is 1. The van der Waals surface area contributed by atoms with Crippen LogP contribution in [0.2, 0.25) is 0 Å². The first-order valence-electron chi connectivity index (χ1n) is 6.00. The number of anilines is 1. The van der Waals surface area contributed by atoms with E-state index in [4.69, 9.17) is 5.26 Å². The Kier molecular flexibility index (Phi) is 4.11. The van der Waals surface area contributed by atoms with Gasteiger partial charge in [-0.1, -0.05) is 23.9 Å². The molecule has 1 heterocycles. The summed E-state index contributed by atoms with van der Waals surface area (Å²) in [6, 6.07) is 8.68. The molecule has 1 aliphatic rings. The molecule has 0 saturated heterocycles. The third-order valence-electron chi connectivity index (χ3n) is 3.10. The monoisotopic (exact) mass is 287 g/mol. The Hall–Kier alpha value is -2.26. The van der Waals surface area contributed by atoms with Crippen LogP contribution in [0.1, 0.15) is 13.8 Å². The SMILES string of the molecule is CC1=C(C)C(C#N)C=C(Nc2ccccc2[N+](=O)[O-])S1. The summed E-state index contributed by atoms with van der Waals surface area (Å²) in [5.41, 5.74) is 1.47. The van der Waals surface area contributed by atoms with Gasteiger partial charge in [0.2, 0.25) is 0 Å². The first-order valence-corrected chi connectivity index (χ1v) is 6.81. The van der Waals surface area contributed by atoms with Gasteiger partial charge < -0.3 is 5.32 Å². The summed E-state index contributed by atoms with van der Waals surface area (Å²) in [7, 11) is 0. The van der Waals surface area contributed by atoms with Gasteiger partial charge in [-0.05, 0) is 36.5 Å². The van der Waals surface area contributed by atoms with Crippen LogP contribution in [-0.2, 0) is 0 Å². The number of allylic oxidation sites excluding steroid dienone is 3. The zero-order valence-corrected chi connectivity index (χ0v) is 11.9. The Balaban J connectivity index is 2.28. The van der Waals surface area contributed by atoms with Gasteiger partial charge in [0.25, 0.3) is 5.69 Å². The summed E-state index contributed by atoms with van der Waals surface area (Å²) < 4.78 is 0. The number of nitrogens with zero attached hydrogens (tertiary/aromatic N) is 2. The highest BCUT2D eigenvalue weighted by Crippen LogP contribution is 2.38. The second-order valence-corrected chi connectivity index (χ2v) is 5.63. The average Bonchev–Trinajstić information content (AvgIpc) is 2.43. The van der Waals surface area contributed by atoms with Crippen LogP contribution in [0.5, 0.6) is 0 Å². The molecule has 0 aromatic heterocycles. The fraction of sp³-hybridized carbons (Fsp3) is 0.214. The molecular weight excluding hydrogens is 274 g/mol. The molecule has 0 fully saturated rings. The highest BCUT2D eigenvalue weighted by atomic mass is 32.2. The second-order valence-electron chi connectivity index (χ2n) is 4.38. The molecule has 102 valence electrons. The number of thioether (sulfide) groups is 1. The van der Waals surface area contributed by atoms with E-state index in [0.29, 0.717) is 5.69 Å². The molecule has 1 aliphatic heterocycles. The smallest absolute Gasteiger partial charge is 0.292 e. The number of rotatable bonds is 3. The van der Waals surface area contributed by atoms with Crippen molar-refractivity contribution in [2.45, 2.75) is 13.8 Å². The number of benzene rings is 1. The second kappa shape index (κ2) is 5.80. The van der Waals surface area contributed by atoms with Gasteiger partial charge in [-0.2, -0.15) is 5.26 Å². The maximum Gasteiger partial charge on any atom is 0.292 e. The molecule has 1 unspecified atom stereocenters. The fourth-order valence-electron chi connectivity index (χ4n) is 1.85. The van der Waals surface area contributed by atoms with E-state index in [1.54, 1.807) is 24.3 Å². The van der Waals surface area contributed by atoms with E-state index in [1.807, 2.05) is 13.8 Å². The zero-order valence-electron chi connectivity index (χ0n) is 11.1. The Morgan fingerprint density at radius 3 is 2.75 bits per heavy atom. The van der Waals surface area contributed by atoms with Gasteiger partial charge in [0.15, 0.2) is 0 Å². The minimum absolute atomic E-state index is 0.0198. The number of nitriles is 1.